The number of rotatable bonds is 4. The Balaban J connectivity index is 1.77. The molecule has 0 aliphatic rings. The Labute approximate surface area is 133 Å². The summed E-state index contributed by atoms with van der Waals surface area (Å²) in [5, 5.41) is 9.03. The van der Waals surface area contributed by atoms with Crippen LogP contribution in [0.1, 0.15) is 5.56 Å². The number of aromatic nitrogens is 3. The maximum atomic E-state index is 13.1. The van der Waals surface area contributed by atoms with Crippen LogP contribution < -0.4 is 0 Å². The Kier molecular flexibility index (Phi) is 4.12. The van der Waals surface area contributed by atoms with Gasteiger partial charge in [-0.1, -0.05) is 23.9 Å². The van der Waals surface area contributed by atoms with Crippen LogP contribution in [-0.4, -0.2) is 14.8 Å². The van der Waals surface area contributed by atoms with Crippen LogP contribution in [0.5, 0.6) is 0 Å². The molecule has 0 unspecified atom stereocenters. The van der Waals surface area contributed by atoms with Crippen molar-refractivity contribution in [1.29, 1.82) is 0 Å². The lowest BCUT2D eigenvalue weighted by Gasteiger charge is -2.02. The monoisotopic (exact) mass is 367 g/mol. The minimum Gasteiger partial charge on any atom is -0.446 e. The molecule has 0 radical (unpaired) electrons. The zero-order valence-corrected chi connectivity index (χ0v) is 13.5. The summed E-state index contributed by atoms with van der Waals surface area (Å²) in [7, 11) is 1.87. The highest BCUT2D eigenvalue weighted by Crippen LogP contribution is 2.27. The second-order valence-corrected chi connectivity index (χ2v) is 6.11. The van der Waals surface area contributed by atoms with Crippen molar-refractivity contribution in [3.05, 3.63) is 52.4 Å². The zero-order chi connectivity index (χ0) is 14.8. The van der Waals surface area contributed by atoms with Gasteiger partial charge < -0.3 is 8.98 Å². The predicted molar refractivity (Wildman–Crippen MR) is 82.4 cm³/mol. The molecule has 0 spiro atoms. The highest BCUT2D eigenvalue weighted by Gasteiger charge is 2.14. The summed E-state index contributed by atoms with van der Waals surface area (Å²) in [5.41, 5.74) is 0.908. The first kappa shape index (κ1) is 14.3. The Morgan fingerprint density at radius 2 is 2.14 bits per heavy atom. The van der Waals surface area contributed by atoms with Crippen molar-refractivity contribution in [2.45, 2.75) is 10.9 Å². The molecule has 0 atom stereocenters. The van der Waals surface area contributed by atoms with Crippen LogP contribution in [-0.2, 0) is 12.8 Å². The van der Waals surface area contributed by atoms with Gasteiger partial charge in [-0.05, 0) is 45.8 Å². The molecule has 0 aliphatic heterocycles. The van der Waals surface area contributed by atoms with Crippen LogP contribution >= 0.6 is 27.7 Å². The normalized spacial score (nSPS) is 11.0. The minimum atomic E-state index is -0.229. The lowest BCUT2D eigenvalue weighted by atomic mass is 10.2. The fraction of sp³-hybridized carbons (Fsp3) is 0.143. The third-order valence-electron chi connectivity index (χ3n) is 2.89. The summed E-state index contributed by atoms with van der Waals surface area (Å²) in [5.74, 6) is 1.70. The van der Waals surface area contributed by atoms with E-state index < -0.39 is 0 Å². The first-order valence-electron chi connectivity index (χ1n) is 6.16. The zero-order valence-electron chi connectivity index (χ0n) is 11.1. The Bertz CT molecular complexity index is 771. The Morgan fingerprint density at radius 3 is 2.86 bits per heavy atom. The third-order valence-corrected chi connectivity index (χ3v) is 4.40. The van der Waals surface area contributed by atoms with Gasteiger partial charge in [0.1, 0.15) is 5.82 Å². The van der Waals surface area contributed by atoms with Crippen molar-refractivity contribution in [1.82, 2.24) is 14.8 Å². The van der Waals surface area contributed by atoms with E-state index in [1.165, 1.54) is 23.9 Å². The molecule has 0 saturated carbocycles. The van der Waals surface area contributed by atoms with E-state index >= 15 is 0 Å². The molecule has 3 rings (SSSR count). The van der Waals surface area contributed by atoms with Crippen LogP contribution in [0.2, 0.25) is 0 Å². The highest BCUT2D eigenvalue weighted by atomic mass is 79.9. The lowest BCUT2D eigenvalue weighted by molar-refractivity contribution is 0.547. The van der Waals surface area contributed by atoms with E-state index in [1.54, 1.807) is 6.07 Å². The summed E-state index contributed by atoms with van der Waals surface area (Å²) >= 11 is 4.76. The number of halogens is 2. The van der Waals surface area contributed by atoms with Gasteiger partial charge in [0.25, 0.3) is 0 Å². The SMILES string of the molecule is Cn1c(SCc2cccc(F)c2)nnc1-c1ccc(Br)o1. The maximum Gasteiger partial charge on any atom is 0.200 e. The first-order chi connectivity index (χ1) is 10.1. The fourth-order valence-electron chi connectivity index (χ4n) is 1.86. The number of hydrogen-bond acceptors (Lipinski definition) is 4. The molecule has 0 amide bonds. The van der Waals surface area contributed by atoms with Gasteiger partial charge in [-0.15, -0.1) is 10.2 Å². The second-order valence-electron chi connectivity index (χ2n) is 4.39. The molecule has 108 valence electrons. The quantitative estimate of drug-likeness (QED) is 0.645. The molecule has 0 fully saturated rings. The van der Waals surface area contributed by atoms with Gasteiger partial charge >= 0.3 is 0 Å². The third kappa shape index (κ3) is 3.19. The molecule has 2 aromatic heterocycles. The van der Waals surface area contributed by atoms with Gasteiger partial charge in [0.05, 0.1) is 0 Å². The van der Waals surface area contributed by atoms with Crippen molar-refractivity contribution in [3.63, 3.8) is 0 Å². The maximum absolute atomic E-state index is 13.1. The van der Waals surface area contributed by atoms with Crippen LogP contribution in [0.3, 0.4) is 0 Å². The van der Waals surface area contributed by atoms with Gasteiger partial charge in [0, 0.05) is 12.8 Å². The number of hydrogen-bond donors (Lipinski definition) is 0. The van der Waals surface area contributed by atoms with E-state index in [-0.39, 0.29) is 5.82 Å². The van der Waals surface area contributed by atoms with Gasteiger partial charge in [0.2, 0.25) is 0 Å². The van der Waals surface area contributed by atoms with Crippen molar-refractivity contribution in [2.75, 3.05) is 0 Å². The van der Waals surface area contributed by atoms with Crippen molar-refractivity contribution < 1.29 is 8.81 Å². The first-order valence-corrected chi connectivity index (χ1v) is 7.93. The Morgan fingerprint density at radius 1 is 1.29 bits per heavy atom. The average molecular weight is 368 g/mol. The number of furan rings is 1. The molecule has 0 bridgehead atoms. The number of nitrogens with zero attached hydrogens (tertiary/aromatic N) is 3. The van der Waals surface area contributed by atoms with Crippen molar-refractivity contribution >= 4 is 27.7 Å². The minimum absolute atomic E-state index is 0.229. The van der Waals surface area contributed by atoms with E-state index in [9.17, 15) is 4.39 Å². The van der Waals surface area contributed by atoms with E-state index in [2.05, 4.69) is 26.1 Å². The van der Waals surface area contributed by atoms with Crippen LogP contribution in [0, 0.1) is 5.82 Å². The van der Waals surface area contributed by atoms with Crippen LogP contribution in [0.25, 0.3) is 11.6 Å². The predicted octanol–water partition coefficient (Wildman–Crippen LogP) is 4.27. The molecular formula is C14H11BrFN3OS. The van der Waals surface area contributed by atoms with E-state index in [4.69, 9.17) is 4.42 Å². The highest BCUT2D eigenvalue weighted by molar-refractivity contribution is 9.10. The molecule has 3 aromatic rings. The van der Waals surface area contributed by atoms with Crippen molar-refractivity contribution in [3.8, 4) is 11.6 Å². The van der Waals surface area contributed by atoms with Gasteiger partial charge in [-0.25, -0.2) is 4.39 Å². The number of thioether (sulfide) groups is 1. The van der Waals surface area contributed by atoms with Crippen molar-refractivity contribution in [2.24, 2.45) is 7.05 Å². The molecule has 7 heteroatoms. The van der Waals surface area contributed by atoms with Gasteiger partial charge in [-0.2, -0.15) is 0 Å². The average Bonchev–Trinajstić information content (AvgIpc) is 3.03. The Hall–Kier alpha value is -1.60. The largest absolute Gasteiger partial charge is 0.446 e. The van der Waals surface area contributed by atoms with Crippen LogP contribution in [0.15, 0.2) is 50.6 Å². The standard InChI is InChI=1S/C14H11BrFN3OS/c1-19-13(11-5-6-12(15)20-11)17-18-14(19)21-8-9-3-2-4-10(16)7-9/h2-7H,8H2,1H3. The molecular weight excluding hydrogens is 357 g/mol. The second kappa shape index (κ2) is 6.03. The van der Waals surface area contributed by atoms with Gasteiger partial charge in [-0.3, -0.25) is 0 Å². The molecule has 0 saturated heterocycles. The molecule has 0 N–H and O–H groups in total. The van der Waals surface area contributed by atoms with E-state index in [0.29, 0.717) is 22.0 Å². The fourth-order valence-corrected chi connectivity index (χ4v) is 3.02. The molecule has 0 aliphatic carbocycles. The lowest BCUT2D eigenvalue weighted by Crippen LogP contribution is -1.94. The van der Waals surface area contributed by atoms with E-state index in [1.807, 2.05) is 29.8 Å². The van der Waals surface area contributed by atoms with Crippen LogP contribution in [0.4, 0.5) is 4.39 Å². The molecule has 1 aromatic carbocycles. The summed E-state index contributed by atoms with van der Waals surface area (Å²) in [6, 6.07) is 10.2. The molecule has 21 heavy (non-hydrogen) atoms. The molecule has 2 heterocycles. The summed E-state index contributed by atoms with van der Waals surface area (Å²) in [6.07, 6.45) is 0. The summed E-state index contributed by atoms with van der Waals surface area (Å²) in [4.78, 5) is 0. The topological polar surface area (TPSA) is 43.9 Å². The molecule has 4 nitrogen and oxygen atoms in total. The smallest absolute Gasteiger partial charge is 0.200 e. The summed E-state index contributed by atoms with van der Waals surface area (Å²) < 4.78 is 21.1. The van der Waals surface area contributed by atoms with E-state index in [0.717, 1.165) is 10.7 Å². The van der Waals surface area contributed by atoms with Gasteiger partial charge in [0.15, 0.2) is 21.4 Å². The number of benzene rings is 1. The summed E-state index contributed by atoms with van der Waals surface area (Å²) in [6.45, 7) is 0.